The van der Waals surface area contributed by atoms with Gasteiger partial charge >= 0.3 is 0 Å². The molecule has 0 bridgehead atoms. The lowest BCUT2D eigenvalue weighted by Gasteiger charge is -2.10. The van der Waals surface area contributed by atoms with Gasteiger partial charge in [-0.3, -0.25) is 4.90 Å². The van der Waals surface area contributed by atoms with Crippen LogP contribution in [0.2, 0.25) is 0 Å². The Morgan fingerprint density at radius 3 is 2.90 bits per heavy atom. The predicted molar refractivity (Wildman–Crippen MR) is 85.5 cm³/mol. The van der Waals surface area contributed by atoms with E-state index in [0.29, 0.717) is 5.82 Å². The third kappa shape index (κ3) is 2.25. The minimum Gasteiger partial charge on any atom is -0.382 e. The first-order valence-electron chi connectivity index (χ1n) is 6.50. The van der Waals surface area contributed by atoms with Crippen molar-refractivity contribution in [3.05, 3.63) is 28.5 Å². The molecular formula is C14H16BrN5. The van der Waals surface area contributed by atoms with Crippen LogP contribution in [0.25, 0.3) is 21.9 Å². The van der Waals surface area contributed by atoms with E-state index >= 15 is 0 Å². The topological polar surface area (TPSA) is 70.8 Å². The molecule has 104 valence electrons. The Morgan fingerprint density at radius 1 is 1.35 bits per heavy atom. The van der Waals surface area contributed by atoms with Crippen molar-refractivity contribution in [2.24, 2.45) is 0 Å². The maximum absolute atomic E-state index is 6.02. The average molecular weight is 334 g/mol. The fraction of sp³-hybridized carbons (Fsp3) is 0.286. The molecule has 2 aromatic heterocycles. The summed E-state index contributed by atoms with van der Waals surface area (Å²) in [6.07, 6.45) is 0. The molecule has 2 heterocycles. The van der Waals surface area contributed by atoms with E-state index < -0.39 is 0 Å². The summed E-state index contributed by atoms with van der Waals surface area (Å²) >= 11 is 3.49. The van der Waals surface area contributed by atoms with E-state index in [9.17, 15) is 0 Å². The summed E-state index contributed by atoms with van der Waals surface area (Å²) in [6.45, 7) is 3.85. The molecule has 0 unspecified atom stereocenters. The third-order valence-electron chi connectivity index (χ3n) is 3.42. The molecule has 0 aliphatic carbocycles. The van der Waals surface area contributed by atoms with Gasteiger partial charge in [0.2, 0.25) is 0 Å². The average Bonchev–Trinajstić information content (AvgIpc) is 2.84. The van der Waals surface area contributed by atoms with Gasteiger partial charge in [0, 0.05) is 9.86 Å². The SMILES string of the molecule is CCN(C)Cc1nc2c(N)nc3ccc(Br)cc3c2[nH]1. The smallest absolute Gasteiger partial charge is 0.152 e. The molecule has 0 saturated carbocycles. The lowest BCUT2D eigenvalue weighted by Crippen LogP contribution is -2.17. The van der Waals surface area contributed by atoms with Gasteiger partial charge in [-0.1, -0.05) is 22.9 Å². The van der Waals surface area contributed by atoms with Gasteiger partial charge in [0.15, 0.2) is 5.82 Å². The Bertz CT molecular complexity index is 780. The number of fused-ring (bicyclic) bond motifs is 3. The van der Waals surface area contributed by atoms with Crippen LogP contribution in [-0.2, 0) is 6.54 Å². The number of aromatic amines is 1. The van der Waals surface area contributed by atoms with E-state index in [1.165, 1.54) is 0 Å². The summed E-state index contributed by atoms with van der Waals surface area (Å²) < 4.78 is 1.01. The maximum Gasteiger partial charge on any atom is 0.152 e. The van der Waals surface area contributed by atoms with Crippen LogP contribution in [0.5, 0.6) is 0 Å². The van der Waals surface area contributed by atoms with Crippen molar-refractivity contribution in [3.63, 3.8) is 0 Å². The molecule has 3 aromatic rings. The number of aromatic nitrogens is 3. The van der Waals surface area contributed by atoms with E-state index in [1.807, 2.05) is 18.2 Å². The van der Waals surface area contributed by atoms with Gasteiger partial charge in [0.25, 0.3) is 0 Å². The van der Waals surface area contributed by atoms with Crippen LogP contribution in [0, 0.1) is 0 Å². The highest BCUT2D eigenvalue weighted by atomic mass is 79.9. The van der Waals surface area contributed by atoms with Crippen molar-refractivity contribution in [1.82, 2.24) is 19.9 Å². The van der Waals surface area contributed by atoms with Crippen LogP contribution in [0.15, 0.2) is 22.7 Å². The fourth-order valence-electron chi connectivity index (χ4n) is 2.23. The van der Waals surface area contributed by atoms with E-state index in [0.717, 1.165) is 45.3 Å². The van der Waals surface area contributed by atoms with Crippen LogP contribution in [0.1, 0.15) is 12.7 Å². The number of pyridine rings is 1. The molecule has 0 fully saturated rings. The molecule has 0 aliphatic rings. The molecular weight excluding hydrogens is 318 g/mol. The number of H-pyrrole nitrogens is 1. The second-order valence-corrected chi connectivity index (χ2v) is 5.81. The zero-order valence-corrected chi connectivity index (χ0v) is 13.0. The monoisotopic (exact) mass is 333 g/mol. The fourth-order valence-corrected chi connectivity index (χ4v) is 2.59. The second-order valence-electron chi connectivity index (χ2n) is 4.90. The summed E-state index contributed by atoms with van der Waals surface area (Å²) in [5, 5.41) is 1.03. The number of hydrogen-bond acceptors (Lipinski definition) is 4. The molecule has 0 atom stereocenters. The Labute approximate surface area is 125 Å². The van der Waals surface area contributed by atoms with Gasteiger partial charge < -0.3 is 10.7 Å². The van der Waals surface area contributed by atoms with E-state index in [-0.39, 0.29) is 0 Å². The largest absolute Gasteiger partial charge is 0.382 e. The summed E-state index contributed by atoms with van der Waals surface area (Å²) in [4.78, 5) is 14.6. The number of nitrogens with two attached hydrogens (primary N) is 1. The molecule has 3 N–H and O–H groups in total. The normalized spacial score (nSPS) is 11.8. The van der Waals surface area contributed by atoms with Gasteiger partial charge in [0.05, 0.1) is 17.6 Å². The Morgan fingerprint density at radius 2 is 2.15 bits per heavy atom. The Balaban J connectivity index is 2.23. The molecule has 3 rings (SSSR count). The third-order valence-corrected chi connectivity index (χ3v) is 3.92. The van der Waals surface area contributed by atoms with E-state index in [1.54, 1.807) is 0 Å². The summed E-state index contributed by atoms with van der Waals surface area (Å²) in [5.74, 6) is 1.38. The van der Waals surface area contributed by atoms with Crippen molar-refractivity contribution in [2.45, 2.75) is 13.5 Å². The highest BCUT2D eigenvalue weighted by molar-refractivity contribution is 9.10. The minimum atomic E-state index is 0.469. The number of nitrogens with one attached hydrogen (secondary N) is 1. The maximum atomic E-state index is 6.02. The molecule has 5 nitrogen and oxygen atoms in total. The van der Waals surface area contributed by atoms with Crippen LogP contribution >= 0.6 is 15.9 Å². The first-order valence-corrected chi connectivity index (χ1v) is 7.29. The lowest BCUT2D eigenvalue weighted by atomic mass is 10.2. The summed E-state index contributed by atoms with van der Waals surface area (Å²) in [5.41, 5.74) is 8.59. The van der Waals surface area contributed by atoms with E-state index in [4.69, 9.17) is 5.73 Å². The number of hydrogen-bond donors (Lipinski definition) is 2. The van der Waals surface area contributed by atoms with Crippen molar-refractivity contribution < 1.29 is 0 Å². The van der Waals surface area contributed by atoms with Gasteiger partial charge in [-0.15, -0.1) is 0 Å². The summed E-state index contributed by atoms with van der Waals surface area (Å²) in [6, 6.07) is 5.95. The Kier molecular flexibility index (Phi) is 3.35. The van der Waals surface area contributed by atoms with Crippen molar-refractivity contribution in [2.75, 3.05) is 19.3 Å². The van der Waals surface area contributed by atoms with Gasteiger partial charge in [-0.25, -0.2) is 9.97 Å². The number of halogens is 1. The molecule has 0 spiro atoms. The number of imidazole rings is 1. The molecule has 20 heavy (non-hydrogen) atoms. The van der Waals surface area contributed by atoms with Crippen molar-refractivity contribution >= 4 is 43.7 Å². The van der Waals surface area contributed by atoms with Crippen LogP contribution in [0.3, 0.4) is 0 Å². The zero-order valence-electron chi connectivity index (χ0n) is 11.4. The lowest BCUT2D eigenvalue weighted by molar-refractivity contribution is 0.338. The first-order chi connectivity index (χ1) is 9.58. The van der Waals surface area contributed by atoms with Crippen LogP contribution in [-0.4, -0.2) is 33.4 Å². The number of nitrogens with zero attached hydrogens (tertiary/aromatic N) is 3. The number of rotatable bonds is 3. The molecule has 0 aliphatic heterocycles. The van der Waals surface area contributed by atoms with Crippen LogP contribution < -0.4 is 5.73 Å². The van der Waals surface area contributed by atoms with Gasteiger partial charge in [-0.05, 0) is 31.8 Å². The molecule has 1 aromatic carbocycles. The quantitative estimate of drug-likeness (QED) is 0.773. The Hall–Kier alpha value is -1.66. The van der Waals surface area contributed by atoms with Crippen LogP contribution in [0.4, 0.5) is 5.82 Å². The van der Waals surface area contributed by atoms with E-state index in [2.05, 4.69) is 49.8 Å². The highest BCUT2D eigenvalue weighted by Gasteiger charge is 2.12. The molecule has 0 radical (unpaired) electrons. The first kappa shape index (κ1) is 13.3. The van der Waals surface area contributed by atoms with Gasteiger partial charge in [-0.2, -0.15) is 0 Å². The second kappa shape index (κ2) is 5.03. The molecule has 0 amide bonds. The van der Waals surface area contributed by atoms with Crippen molar-refractivity contribution in [1.29, 1.82) is 0 Å². The molecule has 6 heteroatoms. The predicted octanol–water partition coefficient (Wildman–Crippen LogP) is 2.91. The number of anilines is 1. The number of nitrogen functional groups attached to an aromatic ring is 1. The zero-order chi connectivity index (χ0) is 14.3. The number of benzene rings is 1. The van der Waals surface area contributed by atoms with Crippen molar-refractivity contribution in [3.8, 4) is 0 Å². The standard InChI is InChI=1S/C14H16BrN5/c1-3-20(2)7-11-18-12-9-6-8(15)4-5-10(9)17-14(16)13(12)19-11/h4-6H,3,7H2,1-2H3,(H2,16,17)(H,18,19). The highest BCUT2D eigenvalue weighted by Crippen LogP contribution is 2.28. The molecule has 0 saturated heterocycles. The summed E-state index contributed by atoms with van der Waals surface area (Å²) in [7, 11) is 2.06. The minimum absolute atomic E-state index is 0.469. The van der Waals surface area contributed by atoms with Gasteiger partial charge in [0.1, 0.15) is 11.3 Å².